The molecule has 6 nitrogen and oxygen atoms in total. The molecule has 2 heterocycles. The van der Waals surface area contributed by atoms with E-state index in [1.54, 1.807) is 41.8 Å². The van der Waals surface area contributed by atoms with E-state index in [1.165, 1.54) is 4.31 Å². The Bertz CT molecular complexity index is 1300. The number of nitrogens with zero attached hydrogens (tertiary/aromatic N) is 4. The molecule has 0 aliphatic rings. The van der Waals surface area contributed by atoms with Crippen molar-refractivity contribution in [3.8, 4) is 0 Å². The number of anilines is 1. The van der Waals surface area contributed by atoms with E-state index in [9.17, 15) is 8.42 Å². The summed E-state index contributed by atoms with van der Waals surface area (Å²) in [7, 11) is -3.93. The van der Waals surface area contributed by atoms with Crippen LogP contribution in [0.4, 0.5) is 5.69 Å². The number of sulfonamides is 1. The maximum absolute atomic E-state index is 13.8. The van der Waals surface area contributed by atoms with Crippen molar-refractivity contribution in [1.29, 1.82) is 0 Å². The van der Waals surface area contributed by atoms with E-state index in [2.05, 4.69) is 17.1 Å². The molecule has 0 amide bonds. The molecular formula is C22H21ClN4O2S. The summed E-state index contributed by atoms with van der Waals surface area (Å²) in [5, 5.41) is 8.68. The lowest BCUT2D eigenvalue weighted by atomic mass is 10.1. The van der Waals surface area contributed by atoms with Crippen molar-refractivity contribution in [3.63, 3.8) is 0 Å². The van der Waals surface area contributed by atoms with E-state index < -0.39 is 10.0 Å². The first-order valence-corrected chi connectivity index (χ1v) is 11.4. The molecule has 2 aromatic carbocycles. The van der Waals surface area contributed by atoms with Crippen LogP contribution in [-0.4, -0.2) is 23.0 Å². The van der Waals surface area contributed by atoms with Crippen LogP contribution >= 0.6 is 11.6 Å². The predicted octanol–water partition coefficient (Wildman–Crippen LogP) is 4.65. The van der Waals surface area contributed by atoms with E-state index in [-0.39, 0.29) is 11.4 Å². The minimum atomic E-state index is -3.93. The van der Waals surface area contributed by atoms with Gasteiger partial charge in [0.2, 0.25) is 0 Å². The van der Waals surface area contributed by atoms with Crippen LogP contribution in [0.1, 0.15) is 23.9 Å². The molecule has 4 aromatic rings. The van der Waals surface area contributed by atoms with Crippen LogP contribution in [0.3, 0.4) is 0 Å². The molecular weight excluding hydrogens is 420 g/mol. The van der Waals surface area contributed by atoms with Gasteiger partial charge in [0.05, 0.1) is 12.2 Å². The van der Waals surface area contributed by atoms with Gasteiger partial charge in [-0.2, -0.15) is 0 Å². The number of fused-ring (bicyclic) bond motifs is 1. The van der Waals surface area contributed by atoms with Gasteiger partial charge in [-0.3, -0.25) is 8.71 Å². The molecule has 0 atom stereocenters. The van der Waals surface area contributed by atoms with Crippen molar-refractivity contribution < 1.29 is 8.42 Å². The van der Waals surface area contributed by atoms with Gasteiger partial charge in [-0.05, 0) is 60.9 Å². The molecule has 2 aromatic heterocycles. The number of aryl methyl sites for hydroxylation is 2. The molecule has 0 radical (unpaired) electrons. The topological polar surface area (TPSA) is 67.6 Å². The lowest BCUT2D eigenvalue weighted by molar-refractivity contribution is 0.590. The number of pyridine rings is 1. The Balaban J connectivity index is 1.86. The smallest absolute Gasteiger partial charge is 0.268 e. The van der Waals surface area contributed by atoms with Gasteiger partial charge in [0.25, 0.3) is 10.0 Å². The van der Waals surface area contributed by atoms with Crippen LogP contribution in [0.2, 0.25) is 5.02 Å². The van der Waals surface area contributed by atoms with Crippen LogP contribution in [0.5, 0.6) is 0 Å². The summed E-state index contributed by atoms with van der Waals surface area (Å²) in [4.78, 5) is 0.104. The molecule has 0 unspecified atom stereocenters. The second-order valence-corrected chi connectivity index (χ2v) is 9.24. The summed E-state index contributed by atoms with van der Waals surface area (Å²) in [5.74, 6) is 0.621. The first-order valence-electron chi connectivity index (χ1n) is 9.56. The molecule has 0 saturated carbocycles. The van der Waals surface area contributed by atoms with Gasteiger partial charge in [-0.15, -0.1) is 10.2 Å². The Morgan fingerprint density at radius 1 is 1.00 bits per heavy atom. The van der Waals surface area contributed by atoms with Crippen LogP contribution in [0.25, 0.3) is 5.65 Å². The zero-order valence-electron chi connectivity index (χ0n) is 16.7. The largest absolute Gasteiger partial charge is 0.286 e. The Kier molecular flexibility index (Phi) is 5.49. The summed E-state index contributed by atoms with van der Waals surface area (Å²) in [6.45, 7) is 3.98. The number of benzene rings is 2. The van der Waals surface area contributed by atoms with E-state index in [4.69, 9.17) is 11.6 Å². The quantitative estimate of drug-likeness (QED) is 0.437. The summed E-state index contributed by atoms with van der Waals surface area (Å²) in [6, 6.07) is 18.0. The zero-order valence-corrected chi connectivity index (χ0v) is 18.2. The van der Waals surface area contributed by atoms with Crippen molar-refractivity contribution in [2.24, 2.45) is 0 Å². The van der Waals surface area contributed by atoms with Crippen LogP contribution in [-0.2, 0) is 23.0 Å². The fourth-order valence-electron chi connectivity index (χ4n) is 3.34. The molecule has 154 valence electrons. The molecule has 0 saturated heterocycles. The second-order valence-electron chi connectivity index (χ2n) is 6.97. The fourth-order valence-corrected chi connectivity index (χ4v) is 5.13. The van der Waals surface area contributed by atoms with E-state index in [1.807, 2.05) is 36.4 Å². The Morgan fingerprint density at radius 3 is 2.47 bits per heavy atom. The predicted molar refractivity (Wildman–Crippen MR) is 118 cm³/mol. The average molecular weight is 441 g/mol. The van der Waals surface area contributed by atoms with Crippen molar-refractivity contribution in [2.75, 3.05) is 4.31 Å². The van der Waals surface area contributed by atoms with Crippen molar-refractivity contribution in [1.82, 2.24) is 14.6 Å². The van der Waals surface area contributed by atoms with Crippen LogP contribution in [0, 0.1) is 6.92 Å². The van der Waals surface area contributed by atoms with Gasteiger partial charge >= 0.3 is 0 Å². The van der Waals surface area contributed by atoms with Crippen LogP contribution < -0.4 is 4.31 Å². The third-order valence-corrected chi connectivity index (χ3v) is 7.01. The molecule has 30 heavy (non-hydrogen) atoms. The summed E-state index contributed by atoms with van der Waals surface area (Å²) >= 11 is 6.14. The highest BCUT2D eigenvalue weighted by molar-refractivity contribution is 7.93. The molecule has 8 heteroatoms. The Hall–Kier alpha value is -2.90. The third-order valence-electron chi connectivity index (χ3n) is 4.99. The van der Waals surface area contributed by atoms with Crippen molar-refractivity contribution in [2.45, 2.75) is 31.7 Å². The highest BCUT2D eigenvalue weighted by Crippen LogP contribution is 2.29. The highest BCUT2D eigenvalue weighted by Gasteiger charge is 2.28. The number of aromatic nitrogens is 3. The van der Waals surface area contributed by atoms with E-state index in [0.29, 0.717) is 22.2 Å². The SMILES string of the molecule is CCc1ccc(N(Cc2cccc(Cl)c2)S(=O)(=O)c2cccn3c(C)nnc23)cc1. The minimum absolute atomic E-state index is 0.104. The van der Waals surface area contributed by atoms with Crippen LogP contribution in [0.15, 0.2) is 71.8 Å². The molecule has 0 fully saturated rings. The molecule has 0 N–H and O–H groups in total. The van der Waals surface area contributed by atoms with Crippen molar-refractivity contribution in [3.05, 3.63) is 88.8 Å². The van der Waals surface area contributed by atoms with Gasteiger partial charge < -0.3 is 0 Å². The standard InChI is InChI=1S/C22H21ClN4O2S/c1-3-17-9-11-20(12-10-17)27(15-18-6-4-7-19(23)14-18)30(28,29)21-8-5-13-26-16(2)24-25-22(21)26/h4-14H,3,15H2,1-2H3. The van der Waals surface area contributed by atoms with E-state index in [0.717, 1.165) is 17.5 Å². The minimum Gasteiger partial charge on any atom is -0.286 e. The van der Waals surface area contributed by atoms with Gasteiger partial charge in [0, 0.05) is 11.2 Å². The average Bonchev–Trinajstić information content (AvgIpc) is 3.13. The Labute approximate surface area is 180 Å². The Morgan fingerprint density at radius 2 is 1.77 bits per heavy atom. The normalized spacial score (nSPS) is 11.7. The lowest BCUT2D eigenvalue weighted by Gasteiger charge is -2.25. The van der Waals surface area contributed by atoms with Gasteiger partial charge in [0.15, 0.2) is 5.65 Å². The summed E-state index contributed by atoms with van der Waals surface area (Å²) in [5.41, 5.74) is 2.80. The van der Waals surface area contributed by atoms with Gasteiger partial charge in [-0.25, -0.2) is 8.42 Å². The first kappa shape index (κ1) is 20.4. The number of hydrogen-bond acceptors (Lipinski definition) is 4. The second kappa shape index (κ2) is 8.08. The fraction of sp³-hybridized carbons (Fsp3) is 0.182. The maximum Gasteiger partial charge on any atom is 0.268 e. The van der Waals surface area contributed by atoms with Crippen molar-refractivity contribution >= 4 is 33.0 Å². The third kappa shape index (κ3) is 3.78. The maximum atomic E-state index is 13.8. The first-order chi connectivity index (χ1) is 14.4. The summed E-state index contributed by atoms with van der Waals surface area (Å²) < 4.78 is 30.7. The lowest BCUT2D eigenvalue weighted by Crippen LogP contribution is -2.31. The van der Waals surface area contributed by atoms with Gasteiger partial charge in [0.1, 0.15) is 10.7 Å². The zero-order chi connectivity index (χ0) is 21.3. The monoisotopic (exact) mass is 440 g/mol. The number of halogens is 1. The number of hydrogen-bond donors (Lipinski definition) is 0. The molecule has 0 aliphatic carbocycles. The molecule has 0 spiro atoms. The summed E-state index contributed by atoms with van der Waals surface area (Å²) in [6.07, 6.45) is 2.63. The molecule has 4 rings (SSSR count). The van der Waals surface area contributed by atoms with Gasteiger partial charge in [-0.1, -0.05) is 42.8 Å². The van der Waals surface area contributed by atoms with E-state index >= 15 is 0 Å². The molecule has 0 aliphatic heterocycles. The highest BCUT2D eigenvalue weighted by atomic mass is 35.5. The number of rotatable bonds is 6. The molecule has 0 bridgehead atoms.